The Kier molecular flexibility index (Phi) is 8.47. The lowest BCUT2D eigenvalue weighted by Crippen LogP contribution is -2.52. The quantitative estimate of drug-likeness (QED) is 0.230. The molecule has 2 saturated heterocycles. The maximum atomic E-state index is 15.6. The molecule has 12 heteroatoms. The maximum Gasteiger partial charge on any atom is 0.252 e. The molecule has 0 saturated carbocycles. The van der Waals surface area contributed by atoms with Crippen molar-refractivity contribution in [3.8, 4) is 22.8 Å². The van der Waals surface area contributed by atoms with Crippen molar-refractivity contribution in [1.82, 2.24) is 34.9 Å². The van der Waals surface area contributed by atoms with Crippen molar-refractivity contribution in [1.29, 1.82) is 0 Å². The second-order valence-corrected chi connectivity index (χ2v) is 11.9. The highest BCUT2D eigenvalue weighted by atomic mass is 19.1. The number of piperidine rings is 1. The van der Waals surface area contributed by atoms with Crippen molar-refractivity contribution < 1.29 is 13.9 Å². The molecule has 232 valence electrons. The van der Waals surface area contributed by atoms with Crippen molar-refractivity contribution in [2.45, 2.75) is 38.3 Å². The number of anilines is 1. The summed E-state index contributed by atoms with van der Waals surface area (Å²) in [4.78, 5) is 30.0. The van der Waals surface area contributed by atoms with Crippen LogP contribution in [0.15, 0.2) is 66.6 Å². The molecule has 0 radical (unpaired) electrons. The zero-order valence-electron chi connectivity index (χ0n) is 25.4. The van der Waals surface area contributed by atoms with Gasteiger partial charge in [0.1, 0.15) is 35.2 Å². The minimum absolute atomic E-state index is 0.108. The molecule has 45 heavy (non-hydrogen) atoms. The number of fused-ring (bicyclic) bond motifs is 1. The molecule has 1 atom stereocenters. The fraction of sp³-hybridized carbons (Fsp3) is 0.364. The normalized spacial score (nSPS) is 18.1. The third-order valence-corrected chi connectivity index (χ3v) is 8.48. The van der Waals surface area contributed by atoms with Crippen LogP contribution in [0, 0.1) is 12.4 Å². The maximum absolute atomic E-state index is 15.6. The average molecular weight is 610 g/mol. The number of carbonyl (C=O) groups is 1. The summed E-state index contributed by atoms with van der Waals surface area (Å²) in [7, 11) is 0. The van der Waals surface area contributed by atoms with Gasteiger partial charge < -0.3 is 20.7 Å². The highest BCUT2D eigenvalue weighted by Crippen LogP contribution is 2.36. The number of amides is 1. The van der Waals surface area contributed by atoms with Crippen LogP contribution in [-0.2, 0) is 4.79 Å². The minimum atomic E-state index is -0.530. The van der Waals surface area contributed by atoms with Crippen LogP contribution in [0.4, 0.5) is 10.2 Å². The number of nitrogens with two attached hydrogens (primary N) is 1. The van der Waals surface area contributed by atoms with Crippen molar-refractivity contribution in [3.63, 3.8) is 0 Å². The molecule has 2 fully saturated rings. The number of hydrogen-bond donors (Lipinski definition) is 2. The first-order chi connectivity index (χ1) is 21.7. The Morgan fingerprint density at radius 2 is 1.91 bits per heavy atom. The molecular formula is C33H36FN9O2. The number of benzene rings is 2. The van der Waals surface area contributed by atoms with E-state index in [9.17, 15) is 4.79 Å². The summed E-state index contributed by atoms with van der Waals surface area (Å²) in [5.74, 6) is 0.293. The number of hydrogen-bond acceptors (Lipinski definition) is 8. The van der Waals surface area contributed by atoms with E-state index >= 15 is 4.39 Å². The zero-order chi connectivity index (χ0) is 31.6. The number of nitrogen functional groups attached to an aromatic ring is 1. The number of carbonyl (C=O) groups excluding carboxylic acids is 1. The Labute approximate surface area is 261 Å². The smallest absolute Gasteiger partial charge is 0.252 e. The Bertz CT molecular complexity index is 1770. The van der Waals surface area contributed by atoms with Gasteiger partial charge in [0.2, 0.25) is 5.70 Å². The largest absolute Gasteiger partial charge is 0.457 e. The predicted molar refractivity (Wildman–Crippen MR) is 170 cm³/mol. The second kappa shape index (κ2) is 12.6. The molecular weight excluding hydrogens is 573 g/mol. The number of rotatable bonds is 7. The Hall–Kier alpha value is -4.86. The van der Waals surface area contributed by atoms with E-state index in [2.05, 4.69) is 25.0 Å². The van der Waals surface area contributed by atoms with Crippen LogP contribution in [0.3, 0.4) is 0 Å². The third kappa shape index (κ3) is 6.22. The first-order valence-corrected chi connectivity index (χ1v) is 15.1. The SMILES string of the molecule is [C-]#[N+]/C(=C\C(C)(C)N1CCNCC1)C(=O)N1CCC[C@@H](n2nc(-c3ccc(Oc4ccccc4)cc3F)c3c(N)ncnc32)C1. The summed E-state index contributed by atoms with van der Waals surface area (Å²) in [6, 6.07) is 13.5. The highest BCUT2D eigenvalue weighted by molar-refractivity contribution is 5.98. The number of aromatic nitrogens is 4. The molecule has 2 aromatic carbocycles. The van der Waals surface area contributed by atoms with Crippen molar-refractivity contribution in [3.05, 3.63) is 83.9 Å². The Morgan fingerprint density at radius 3 is 2.64 bits per heavy atom. The molecule has 11 nitrogen and oxygen atoms in total. The van der Waals surface area contributed by atoms with E-state index in [-0.39, 0.29) is 29.0 Å². The average Bonchev–Trinajstić information content (AvgIpc) is 3.45. The molecule has 3 N–H and O–H groups in total. The van der Waals surface area contributed by atoms with E-state index in [4.69, 9.17) is 22.1 Å². The Morgan fingerprint density at radius 1 is 1.13 bits per heavy atom. The number of para-hydroxylation sites is 1. The molecule has 4 aromatic rings. The van der Waals surface area contributed by atoms with Gasteiger partial charge in [0.25, 0.3) is 5.91 Å². The number of ether oxygens (including phenoxy) is 1. The summed E-state index contributed by atoms with van der Waals surface area (Å²) in [6.45, 7) is 16.2. The van der Waals surface area contributed by atoms with Gasteiger partial charge in [0.05, 0.1) is 18.0 Å². The van der Waals surface area contributed by atoms with Crippen molar-refractivity contribution >= 4 is 22.8 Å². The van der Waals surface area contributed by atoms with E-state index in [1.54, 1.807) is 39.9 Å². The van der Waals surface area contributed by atoms with Gasteiger partial charge in [-0.3, -0.25) is 9.69 Å². The summed E-state index contributed by atoms with van der Waals surface area (Å²) >= 11 is 0. The lowest BCUT2D eigenvalue weighted by molar-refractivity contribution is -0.128. The zero-order valence-corrected chi connectivity index (χ0v) is 25.4. The summed E-state index contributed by atoms with van der Waals surface area (Å²) < 4.78 is 23.1. The molecule has 0 bridgehead atoms. The van der Waals surface area contributed by atoms with Gasteiger partial charge in [0.15, 0.2) is 5.65 Å². The summed E-state index contributed by atoms with van der Waals surface area (Å²) in [6.07, 6.45) is 4.58. The van der Waals surface area contributed by atoms with E-state index in [1.807, 2.05) is 32.0 Å². The van der Waals surface area contributed by atoms with Gasteiger partial charge in [0, 0.05) is 56.4 Å². The van der Waals surface area contributed by atoms with E-state index in [1.165, 1.54) is 12.4 Å². The molecule has 0 unspecified atom stereocenters. The molecule has 1 amide bonds. The van der Waals surface area contributed by atoms with Crippen LogP contribution in [0.2, 0.25) is 0 Å². The number of nitrogens with one attached hydrogen (secondary N) is 1. The second-order valence-electron chi connectivity index (χ2n) is 11.9. The molecule has 2 aromatic heterocycles. The van der Waals surface area contributed by atoms with Crippen molar-refractivity contribution in [2.24, 2.45) is 0 Å². The summed E-state index contributed by atoms with van der Waals surface area (Å²) in [5.41, 5.74) is 6.98. The number of halogens is 1. The van der Waals surface area contributed by atoms with Gasteiger partial charge in [-0.25, -0.2) is 23.9 Å². The van der Waals surface area contributed by atoms with Gasteiger partial charge in [-0.1, -0.05) is 24.3 Å². The topological polar surface area (TPSA) is 119 Å². The van der Waals surface area contributed by atoms with E-state index in [0.717, 1.165) is 32.6 Å². The van der Waals surface area contributed by atoms with Gasteiger partial charge in [-0.05, 0) is 51.0 Å². The lowest BCUT2D eigenvalue weighted by atomic mass is 9.99. The first-order valence-electron chi connectivity index (χ1n) is 15.1. The fourth-order valence-corrected chi connectivity index (χ4v) is 6.12. The molecule has 2 aliphatic heterocycles. The first kappa shape index (κ1) is 30.2. The van der Waals surface area contributed by atoms with Gasteiger partial charge in [-0.15, -0.1) is 0 Å². The third-order valence-electron chi connectivity index (χ3n) is 8.48. The van der Waals surface area contributed by atoms with Crippen LogP contribution >= 0.6 is 0 Å². The molecule has 0 aliphatic carbocycles. The highest BCUT2D eigenvalue weighted by Gasteiger charge is 2.33. The predicted octanol–water partition coefficient (Wildman–Crippen LogP) is 4.66. The van der Waals surface area contributed by atoms with Crippen LogP contribution < -0.4 is 15.8 Å². The minimum Gasteiger partial charge on any atom is -0.457 e. The Balaban J connectivity index is 1.28. The van der Waals surface area contributed by atoms with Crippen LogP contribution in [0.5, 0.6) is 11.5 Å². The van der Waals surface area contributed by atoms with Crippen molar-refractivity contribution in [2.75, 3.05) is 45.0 Å². The number of likely N-dealkylation sites (tertiary alicyclic amines) is 1. The van der Waals surface area contributed by atoms with Crippen LogP contribution in [0.1, 0.15) is 32.7 Å². The molecule has 6 rings (SSSR count). The molecule has 0 spiro atoms. The standard InChI is InChI=1S/C33H36FN9O2/c1-33(2,42-16-13-37-14-17-42)19-27(36-3)32(44)41-15-7-8-22(20-41)43-31-28(30(35)38-21-39-31)29(40-43)25-12-11-24(18-26(25)34)45-23-9-5-4-6-10-23/h4-6,9-12,18-19,21-22,37H,7-8,13-17,20H2,1-2H3,(H2,35,38,39)/b27-19-/t22-/m1/s1. The number of nitrogens with zero attached hydrogens (tertiary/aromatic N) is 7. The van der Waals surface area contributed by atoms with Crippen LogP contribution in [-0.4, -0.2) is 80.3 Å². The lowest BCUT2D eigenvalue weighted by Gasteiger charge is -2.40. The monoisotopic (exact) mass is 609 g/mol. The summed E-state index contributed by atoms with van der Waals surface area (Å²) in [5, 5.41) is 8.61. The molecule has 2 aliphatic rings. The van der Waals surface area contributed by atoms with Crippen LogP contribution in [0.25, 0.3) is 27.1 Å². The van der Waals surface area contributed by atoms with Gasteiger partial charge in [-0.2, -0.15) is 5.10 Å². The fourth-order valence-electron chi connectivity index (χ4n) is 6.12. The van der Waals surface area contributed by atoms with E-state index < -0.39 is 11.4 Å². The number of piperazine rings is 1. The van der Waals surface area contributed by atoms with Gasteiger partial charge >= 0.3 is 0 Å². The van der Waals surface area contributed by atoms with E-state index in [0.29, 0.717) is 47.7 Å². The molecule has 4 heterocycles.